The summed E-state index contributed by atoms with van der Waals surface area (Å²) in [5.74, 6) is -0.683. The molecule has 0 unspecified atom stereocenters. The van der Waals surface area contributed by atoms with Crippen LogP contribution in [-0.4, -0.2) is 110 Å². The van der Waals surface area contributed by atoms with Gasteiger partial charge in [0, 0.05) is 65.7 Å². The number of halogens is 4. The Morgan fingerprint density at radius 1 is 0.932 bits per heavy atom. The van der Waals surface area contributed by atoms with Crippen LogP contribution in [0.25, 0.3) is 5.57 Å². The van der Waals surface area contributed by atoms with Crippen molar-refractivity contribution in [3.63, 3.8) is 0 Å². The fraction of sp³-hybridized carbons (Fsp3) is 0.341. The van der Waals surface area contributed by atoms with E-state index < -0.39 is 52.8 Å². The lowest BCUT2D eigenvalue weighted by molar-refractivity contribution is -0.0435. The van der Waals surface area contributed by atoms with Crippen molar-refractivity contribution in [3.8, 4) is 0 Å². The molecule has 59 heavy (non-hydrogen) atoms. The molecule has 0 spiro atoms. The number of nitrogens with zero attached hydrogens (tertiary/aromatic N) is 2. The van der Waals surface area contributed by atoms with Crippen LogP contribution in [0, 0.1) is 0 Å². The van der Waals surface area contributed by atoms with E-state index in [0.29, 0.717) is 55.1 Å². The van der Waals surface area contributed by atoms with Gasteiger partial charge in [-0.1, -0.05) is 41.9 Å². The van der Waals surface area contributed by atoms with Gasteiger partial charge in [-0.2, -0.15) is 13.2 Å². The van der Waals surface area contributed by atoms with Gasteiger partial charge < -0.3 is 25.8 Å². The minimum atomic E-state index is -6.03. The number of sulfone groups is 1. The highest BCUT2D eigenvalue weighted by atomic mass is 35.5. The minimum absolute atomic E-state index is 0.0404. The van der Waals surface area contributed by atoms with Crippen molar-refractivity contribution in [1.82, 2.24) is 19.8 Å². The third-order valence-corrected chi connectivity index (χ3v) is 13.8. The second-order valence-electron chi connectivity index (χ2n) is 14.4. The third kappa shape index (κ3) is 12.9. The summed E-state index contributed by atoms with van der Waals surface area (Å²) in [6, 6.07) is 25.0. The average Bonchev–Trinajstić information content (AvgIpc) is 3.19. The van der Waals surface area contributed by atoms with Crippen LogP contribution in [-0.2, 0) is 19.9 Å². The van der Waals surface area contributed by atoms with E-state index in [2.05, 4.69) is 27.9 Å². The predicted octanol–water partition coefficient (Wildman–Crippen LogP) is 7.07. The van der Waals surface area contributed by atoms with Crippen molar-refractivity contribution in [2.45, 2.75) is 39.1 Å². The summed E-state index contributed by atoms with van der Waals surface area (Å²) in [6.07, 6.45) is 1.37. The SMILES string of the molecule is CN(C)CC[C@H](CSc1ccccc1)Nc1ccc(S(=O)(=O)NC(=O)c2ccc(NCCNCC3=C(c4ccc(Cl)cc4)CCN(C)C3)cc2)cc1S(=O)(=O)C(F)(F)F. The van der Waals surface area contributed by atoms with E-state index in [4.69, 9.17) is 11.6 Å². The molecule has 1 amide bonds. The van der Waals surface area contributed by atoms with Gasteiger partial charge in [0.25, 0.3) is 25.8 Å². The number of nitrogens with one attached hydrogen (secondary N) is 4. The topological polar surface area (TPSA) is 140 Å². The lowest BCUT2D eigenvalue weighted by atomic mass is 9.93. The van der Waals surface area contributed by atoms with Crippen LogP contribution in [0.4, 0.5) is 24.5 Å². The van der Waals surface area contributed by atoms with Gasteiger partial charge in [0.15, 0.2) is 0 Å². The van der Waals surface area contributed by atoms with Gasteiger partial charge in [0.2, 0.25) is 0 Å². The molecule has 1 aliphatic rings. The standard InChI is InChI=1S/C41H48ClF3N6O5S3/c1-50(2)23-19-34(28-57-35-7-5-4-6-8-35)48-38-18-17-36(25-39(38)58(53,54)41(43,44)45)59(55,56)49-40(52)30-11-15-33(16-12-30)47-22-21-46-26-31-27-51(3)24-20-37(31)29-9-13-32(42)14-10-29/h4-18,25,34,46-48H,19-24,26-28H2,1-3H3,(H,49,52)/t34-/m1/s1. The van der Waals surface area contributed by atoms with Crippen LogP contribution in [0.1, 0.15) is 28.8 Å². The quantitative estimate of drug-likeness (QED) is 0.0568. The molecule has 4 aromatic carbocycles. The molecular formula is C41H48ClF3N6O5S3. The third-order valence-electron chi connectivity index (χ3n) is 9.50. The Morgan fingerprint density at radius 3 is 2.29 bits per heavy atom. The van der Waals surface area contributed by atoms with Gasteiger partial charge in [0.1, 0.15) is 4.90 Å². The predicted molar refractivity (Wildman–Crippen MR) is 230 cm³/mol. The lowest BCUT2D eigenvalue weighted by Crippen LogP contribution is -2.33. The Labute approximate surface area is 353 Å². The van der Waals surface area contributed by atoms with E-state index in [1.54, 1.807) is 12.1 Å². The Bertz CT molecular complexity index is 2300. The summed E-state index contributed by atoms with van der Waals surface area (Å²) in [6.45, 7) is 4.23. The molecule has 11 nitrogen and oxygen atoms in total. The number of alkyl halides is 3. The molecule has 1 atom stereocenters. The number of carbonyl (C=O) groups excluding carboxylic acids is 1. The van der Waals surface area contributed by atoms with Crippen molar-refractivity contribution in [1.29, 1.82) is 0 Å². The fourth-order valence-corrected chi connectivity index (χ4v) is 9.48. The summed E-state index contributed by atoms with van der Waals surface area (Å²) in [5.41, 5.74) is -1.74. The summed E-state index contributed by atoms with van der Waals surface area (Å²) < 4.78 is 96.2. The monoisotopic (exact) mass is 892 g/mol. The molecule has 0 saturated heterocycles. The number of amides is 1. The summed E-state index contributed by atoms with van der Waals surface area (Å²) in [5, 5.41) is 10.3. The molecule has 318 valence electrons. The first-order valence-electron chi connectivity index (χ1n) is 18.7. The van der Waals surface area contributed by atoms with E-state index >= 15 is 0 Å². The Kier molecular flexibility index (Phi) is 15.9. The van der Waals surface area contributed by atoms with E-state index in [-0.39, 0.29) is 5.56 Å². The van der Waals surface area contributed by atoms with Crippen LogP contribution >= 0.6 is 23.4 Å². The first kappa shape index (κ1) is 46.0. The molecule has 5 rings (SSSR count). The van der Waals surface area contributed by atoms with Crippen molar-refractivity contribution < 1.29 is 34.8 Å². The summed E-state index contributed by atoms with van der Waals surface area (Å²) in [7, 11) is -5.11. The van der Waals surface area contributed by atoms with Crippen LogP contribution in [0.2, 0.25) is 5.02 Å². The number of hydrogen-bond acceptors (Lipinski definition) is 11. The van der Waals surface area contributed by atoms with Crippen molar-refractivity contribution in [3.05, 3.63) is 119 Å². The number of sulfonamides is 1. The molecule has 0 saturated carbocycles. The molecule has 1 heterocycles. The Hall–Kier alpha value is -4.10. The minimum Gasteiger partial charge on any atom is -0.384 e. The number of anilines is 2. The van der Waals surface area contributed by atoms with E-state index in [9.17, 15) is 34.8 Å². The number of thioether (sulfide) groups is 1. The number of hydrogen-bond donors (Lipinski definition) is 4. The van der Waals surface area contributed by atoms with E-state index in [0.717, 1.165) is 42.1 Å². The second-order valence-corrected chi connectivity index (χ2v) is 19.5. The van der Waals surface area contributed by atoms with Crippen LogP contribution < -0.4 is 20.7 Å². The molecule has 0 radical (unpaired) electrons. The number of likely N-dealkylation sites (N-methyl/N-ethyl adjacent to an activating group) is 1. The van der Waals surface area contributed by atoms with E-state index in [1.807, 2.05) is 78.3 Å². The zero-order valence-corrected chi connectivity index (χ0v) is 36.1. The zero-order valence-electron chi connectivity index (χ0n) is 32.9. The molecular weight excluding hydrogens is 845 g/mol. The van der Waals surface area contributed by atoms with Gasteiger partial charge in [-0.25, -0.2) is 21.6 Å². The first-order chi connectivity index (χ1) is 27.9. The second kappa shape index (κ2) is 20.4. The smallest absolute Gasteiger partial charge is 0.384 e. The van der Waals surface area contributed by atoms with Crippen molar-refractivity contribution >= 4 is 66.1 Å². The highest BCUT2D eigenvalue weighted by Crippen LogP contribution is 2.37. The van der Waals surface area contributed by atoms with Gasteiger partial charge in [-0.05, 0) is 124 Å². The summed E-state index contributed by atoms with van der Waals surface area (Å²) >= 11 is 7.52. The molecule has 0 aromatic heterocycles. The van der Waals surface area contributed by atoms with E-state index in [1.165, 1.54) is 35.0 Å². The highest BCUT2D eigenvalue weighted by Gasteiger charge is 2.48. The average molecular weight is 894 g/mol. The highest BCUT2D eigenvalue weighted by molar-refractivity contribution is 7.99. The maximum absolute atomic E-state index is 14.0. The zero-order chi connectivity index (χ0) is 42.8. The molecule has 0 bridgehead atoms. The van der Waals surface area contributed by atoms with Crippen LogP contribution in [0.3, 0.4) is 0 Å². The number of rotatable bonds is 19. The maximum atomic E-state index is 14.0. The molecule has 0 aliphatic carbocycles. The van der Waals surface area contributed by atoms with Crippen LogP contribution in [0.5, 0.6) is 0 Å². The first-order valence-corrected chi connectivity index (χ1v) is 23.1. The fourth-order valence-electron chi connectivity index (χ4n) is 6.34. The molecule has 0 fully saturated rings. The Morgan fingerprint density at radius 2 is 1.63 bits per heavy atom. The lowest BCUT2D eigenvalue weighted by Gasteiger charge is -2.28. The van der Waals surface area contributed by atoms with Crippen LogP contribution in [0.15, 0.2) is 117 Å². The molecule has 4 aromatic rings. The Balaban J connectivity index is 1.23. The van der Waals surface area contributed by atoms with Gasteiger partial charge >= 0.3 is 5.51 Å². The largest absolute Gasteiger partial charge is 0.501 e. The van der Waals surface area contributed by atoms with Gasteiger partial charge in [-0.3, -0.25) is 4.79 Å². The van der Waals surface area contributed by atoms with Crippen molar-refractivity contribution in [2.24, 2.45) is 0 Å². The number of benzene rings is 4. The molecule has 18 heteroatoms. The normalized spacial score (nSPS) is 14.6. The maximum Gasteiger partial charge on any atom is 0.501 e. The van der Waals surface area contributed by atoms with Crippen molar-refractivity contribution in [2.75, 3.05) is 76.8 Å². The molecule has 1 aliphatic heterocycles. The molecule has 4 N–H and O–H groups in total. The van der Waals surface area contributed by atoms with Gasteiger partial charge in [-0.15, -0.1) is 11.8 Å². The summed E-state index contributed by atoms with van der Waals surface area (Å²) in [4.78, 5) is 16.0. The van der Waals surface area contributed by atoms with Gasteiger partial charge in [0.05, 0.1) is 10.6 Å². The number of carbonyl (C=O) groups is 1.